The molecule has 6 rings (SSSR count). The summed E-state index contributed by atoms with van der Waals surface area (Å²) in [6.07, 6.45) is 4.13. The maximum Gasteiger partial charge on any atom is 0.255 e. The van der Waals surface area contributed by atoms with Crippen molar-refractivity contribution in [1.82, 2.24) is 14.9 Å². The van der Waals surface area contributed by atoms with Gasteiger partial charge in [-0.25, -0.2) is 4.98 Å². The fourth-order valence-corrected chi connectivity index (χ4v) is 5.40. The van der Waals surface area contributed by atoms with E-state index in [1.165, 1.54) is 5.56 Å². The highest BCUT2D eigenvalue weighted by Crippen LogP contribution is 2.25. The van der Waals surface area contributed by atoms with Crippen LogP contribution in [0.2, 0.25) is 0 Å². The van der Waals surface area contributed by atoms with Crippen molar-refractivity contribution < 1.29 is 9.53 Å². The van der Waals surface area contributed by atoms with Crippen LogP contribution in [0.15, 0.2) is 72.9 Å². The molecular formula is C31H33N5O2. The number of aryl methyl sites for hydroxylation is 1. The average molecular weight is 508 g/mol. The first-order valence-corrected chi connectivity index (χ1v) is 13.4. The second-order valence-corrected chi connectivity index (χ2v) is 10.2. The minimum Gasteiger partial charge on any atom is -0.379 e. The van der Waals surface area contributed by atoms with Gasteiger partial charge in [-0.2, -0.15) is 0 Å². The summed E-state index contributed by atoms with van der Waals surface area (Å²) in [4.78, 5) is 27.3. The number of carbonyl (C=O) groups excluding carboxylic acids is 1. The Labute approximate surface area is 223 Å². The molecule has 1 amide bonds. The summed E-state index contributed by atoms with van der Waals surface area (Å²) < 4.78 is 5.50. The lowest BCUT2D eigenvalue weighted by Gasteiger charge is -2.40. The molecule has 194 valence electrons. The Balaban J connectivity index is 1.09. The van der Waals surface area contributed by atoms with Crippen molar-refractivity contribution in [3.8, 4) is 11.1 Å². The first-order chi connectivity index (χ1) is 18.6. The number of fused-ring (bicyclic) bond motifs is 1. The molecule has 3 heterocycles. The van der Waals surface area contributed by atoms with E-state index in [0.717, 1.165) is 80.2 Å². The second-order valence-electron chi connectivity index (χ2n) is 10.2. The van der Waals surface area contributed by atoms with E-state index in [2.05, 4.69) is 51.3 Å². The summed E-state index contributed by atoms with van der Waals surface area (Å²) in [5.74, 6) is 0.774. The summed E-state index contributed by atoms with van der Waals surface area (Å²) in [5, 5.41) is 3.00. The van der Waals surface area contributed by atoms with Crippen molar-refractivity contribution in [2.75, 3.05) is 49.6 Å². The SMILES string of the molecule is Cc1ccc(-c2ccc(C(=O)Nc3ccc4nc(N5CCC(N6CCOCC6)CC5)cnc4c3)cc2)cc1. The number of benzene rings is 3. The van der Waals surface area contributed by atoms with Gasteiger partial charge >= 0.3 is 0 Å². The average Bonchev–Trinajstić information content (AvgIpc) is 2.98. The van der Waals surface area contributed by atoms with Gasteiger partial charge in [-0.05, 0) is 61.2 Å². The third-order valence-corrected chi connectivity index (χ3v) is 7.67. The number of ether oxygens (including phenoxy) is 1. The van der Waals surface area contributed by atoms with Crippen LogP contribution in [-0.4, -0.2) is 66.2 Å². The van der Waals surface area contributed by atoms with Crippen molar-refractivity contribution in [1.29, 1.82) is 0 Å². The number of carbonyl (C=O) groups is 1. The standard InChI is InChI=1S/C31H33N5O2/c1-22-2-4-23(5-3-22)24-6-8-25(9-7-24)31(37)33-26-10-11-28-29(20-26)32-21-30(34-28)36-14-12-27(13-15-36)35-16-18-38-19-17-35/h2-11,20-21,27H,12-19H2,1H3,(H,33,37). The number of nitrogens with one attached hydrogen (secondary N) is 1. The lowest BCUT2D eigenvalue weighted by atomic mass is 10.0. The number of morpholine rings is 1. The van der Waals surface area contributed by atoms with Gasteiger partial charge in [-0.1, -0.05) is 42.0 Å². The molecule has 0 atom stereocenters. The smallest absolute Gasteiger partial charge is 0.255 e. The van der Waals surface area contributed by atoms with Crippen molar-refractivity contribution in [3.63, 3.8) is 0 Å². The minimum absolute atomic E-state index is 0.146. The molecule has 1 aromatic heterocycles. The molecule has 3 aromatic carbocycles. The predicted octanol–water partition coefficient (Wildman–Crippen LogP) is 5.16. The highest BCUT2D eigenvalue weighted by molar-refractivity contribution is 6.05. The van der Waals surface area contributed by atoms with E-state index in [0.29, 0.717) is 17.3 Å². The molecule has 7 nitrogen and oxygen atoms in total. The summed E-state index contributed by atoms with van der Waals surface area (Å²) in [5.41, 5.74) is 6.37. The van der Waals surface area contributed by atoms with Crippen LogP contribution in [-0.2, 0) is 4.74 Å². The van der Waals surface area contributed by atoms with Gasteiger partial charge in [-0.15, -0.1) is 0 Å². The molecule has 2 saturated heterocycles. The molecule has 0 unspecified atom stereocenters. The molecule has 0 radical (unpaired) electrons. The number of amides is 1. The van der Waals surface area contributed by atoms with Crippen molar-refractivity contribution in [2.24, 2.45) is 0 Å². The molecule has 4 aromatic rings. The zero-order valence-electron chi connectivity index (χ0n) is 21.8. The van der Waals surface area contributed by atoms with Crippen LogP contribution >= 0.6 is 0 Å². The molecule has 7 heteroatoms. The quantitative estimate of drug-likeness (QED) is 0.403. The van der Waals surface area contributed by atoms with E-state index in [-0.39, 0.29) is 5.91 Å². The van der Waals surface area contributed by atoms with Crippen LogP contribution in [0, 0.1) is 6.92 Å². The zero-order valence-corrected chi connectivity index (χ0v) is 21.8. The number of aromatic nitrogens is 2. The Morgan fingerprint density at radius 1 is 0.868 bits per heavy atom. The minimum atomic E-state index is -0.146. The summed E-state index contributed by atoms with van der Waals surface area (Å²) >= 11 is 0. The van der Waals surface area contributed by atoms with Crippen LogP contribution < -0.4 is 10.2 Å². The van der Waals surface area contributed by atoms with Gasteiger partial charge < -0.3 is 15.0 Å². The molecule has 2 aliphatic rings. The molecule has 0 spiro atoms. The van der Waals surface area contributed by atoms with E-state index in [9.17, 15) is 4.79 Å². The lowest BCUT2D eigenvalue weighted by molar-refractivity contribution is 0.0115. The van der Waals surface area contributed by atoms with Crippen LogP contribution in [0.5, 0.6) is 0 Å². The number of hydrogen-bond donors (Lipinski definition) is 1. The highest BCUT2D eigenvalue weighted by atomic mass is 16.5. The van der Waals surface area contributed by atoms with E-state index in [1.54, 1.807) is 0 Å². The van der Waals surface area contributed by atoms with Gasteiger partial charge in [-0.3, -0.25) is 14.7 Å². The highest BCUT2D eigenvalue weighted by Gasteiger charge is 2.26. The third kappa shape index (κ3) is 5.39. The van der Waals surface area contributed by atoms with Gasteiger partial charge in [0.25, 0.3) is 5.91 Å². The topological polar surface area (TPSA) is 70.6 Å². The third-order valence-electron chi connectivity index (χ3n) is 7.67. The fourth-order valence-electron chi connectivity index (χ4n) is 5.40. The maximum atomic E-state index is 12.9. The van der Waals surface area contributed by atoms with Gasteiger partial charge in [0.2, 0.25) is 0 Å². The fraction of sp³-hybridized carbons (Fsp3) is 0.323. The van der Waals surface area contributed by atoms with Crippen LogP contribution in [0.4, 0.5) is 11.5 Å². The Hall–Kier alpha value is -3.81. The van der Waals surface area contributed by atoms with Gasteiger partial charge in [0.15, 0.2) is 0 Å². The predicted molar refractivity (Wildman–Crippen MR) is 152 cm³/mol. The summed E-state index contributed by atoms with van der Waals surface area (Å²) in [6.45, 7) is 7.82. The molecule has 2 fully saturated rings. The van der Waals surface area contributed by atoms with E-state index in [1.807, 2.05) is 48.7 Å². The molecule has 0 saturated carbocycles. The van der Waals surface area contributed by atoms with Crippen LogP contribution in [0.3, 0.4) is 0 Å². The molecule has 38 heavy (non-hydrogen) atoms. The maximum absolute atomic E-state index is 12.9. The molecule has 1 N–H and O–H groups in total. The largest absolute Gasteiger partial charge is 0.379 e. The van der Waals surface area contributed by atoms with E-state index < -0.39 is 0 Å². The number of nitrogens with zero attached hydrogens (tertiary/aromatic N) is 4. The number of anilines is 2. The Morgan fingerprint density at radius 2 is 1.55 bits per heavy atom. The number of piperidine rings is 1. The van der Waals surface area contributed by atoms with E-state index in [4.69, 9.17) is 9.72 Å². The normalized spacial score (nSPS) is 17.0. The van der Waals surface area contributed by atoms with Crippen LogP contribution in [0.25, 0.3) is 22.2 Å². The number of hydrogen-bond acceptors (Lipinski definition) is 6. The molecular weight excluding hydrogens is 474 g/mol. The zero-order chi connectivity index (χ0) is 25.9. The molecule has 0 aliphatic carbocycles. The van der Waals surface area contributed by atoms with Gasteiger partial charge in [0.05, 0.1) is 30.4 Å². The van der Waals surface area contributed by atoms with E-state index >= 15 is 0 Å². The van der Waals surface area contributed by atoms with Gasteiger partial charge in [0.1, 0.15) is 5.82 Å². The van der Waals surface area contributed by atoms with Crippen molar-refractivity contribution in [3.05, 3.63) is 84.1 Å². The molecule has 2 aliphatic heterocycles. The van der Waals surface area contributed by atoms with Crippen LogP contribution in [0.1, 0.15) is 28.8 Å². The summed E-state index contributed by atoms with van der Waals surface area (Å²) in [6, 6.07) is 22.4. The monoisotopic (exact) mass is 507 g/mol. The summed E-state index contributed by atoms with van der Waals surface area (Å²) in [7, 11) is 0. The Kier molecular flexibility index (Phi) is 7.03. The first kappa shape index (κ1) is 24.5. The Morgan fingerprint density at radius 3 is 2.26 bits per heavy atom. The lowest BCUT2D eigenvalue weighted by Crippen LogP contribution is -2.49. The first-order valence-electron chi connectivity index (χ1n) is 13.4. The molecule has 0 bridgehead atoms. The van der Waals surface area contributed by atoms with Crippen molar-refractivity contribution >= 4 is 28.4 Å². The second kappa shape index (κ2) is 10.9. The Bertz CT molecular complexity index is 1410. The van der Waals surface area contributed by atoms with Gasteiger partial charge in [0, 0.05) is 43.5 Å². The van der Waals surface area contributed by atoms with Crippen molar-refractivity contribution in [2.45, 2.75) is 25.8 Å². The number of rotatable bonds is 5.